The predicted molar refractivity (Wildman–Crippen MR) is 141 cm³/mol. The van der Waals surface area contributed by atoms with E-state index in [1.54, 1.807) is 6.92 Å². The van der Waals surface area contributed by atoms with Gasteiger partial charge in [-0.2, -0.15) is 0 Å². The number of aliphatic carboxylic acids is 1. The first-order valence-corrected chi connectivity index (χ1v) is 12.0. The van der Waals surface area contributed by atoms with Crippen LogP contribution < -0.4 is 5.11 Å². The Bertz CT molecular complexity index is 1450. The van der Waals surface area contributed by atoms with Gasteiger partial charge in [0.25, 0.3) is 0 Å². The lowest BCUT2D eigenvalue weighted by Crippen LogP contribution is -2.37. The van der Waals surface area contributed by atoms with Crippen LogP contribution in [-0.4, -0.2) is 29.4 Å². The predicted octanol–water partition coefficient (Wildman–Crippen LogP) is 4.36. The van der Waals surface area contributed by atoms with Gasteiger partial charge in [0, 0.05) is 13.1 Å². The van der Waals surface area contributed by atoms with E-state index in [1.165, 1.54) is 11.0 Å². The number of ether oxygens (including phenoxy) is 1. The summed E-state index contributed by atoms with van der Waals surface area (Å²) < 4.78 is 4.96. The number of esters is 1. The van der Waals surface area contributed by atoms with Crippen LogP contribution in [0.3, 0.4) is 0 Å². The molecule has 0 saturated carbocycles. The molecule has 37 heavy (non-hydrogen) atoms. The highest BCUT2D eigenvalue weighted by atomic mass is 16.5. The van der Waals surface area contributed by atoms with Crippen LogP contribution in [0.25, 0.3) is 28.0 Å². The average molecular weight is 493 g/mol. The van der Waals surface area contributed by atoms with Gasteiger partial charge in [-0.1, -0.05) is 91.0 Å². The normalized spacial score (nSPS) is 10.9. The van der Waals surface area contributed by atoms with Crippen molar-refractivity contribution in [2.24, 2.45) is 0 Å². The third-order valence-corrected chi connectivity index (χ3v) is 5.96. The zero-order valence-electron chi connectivity index (χ0n) is 20.4. The van der Waals surface area contributed by atoms with E-state index in [9.17, 15) is 19.5 Å². The van der Waals surface area contributed by atoms with Crippen LogP contribution in [0.15, 0.2) is 97.1 Å². The Hall–Kier alpha value is -4.71. The largest absolute Gasteiger partial charge is 0.545 e. The monoisotopic (exact) mass is 492 g/mol. The van der Waals surface area contributed by atoms with Crippen molar-refractivity contribution in [2.45, 2.75) is 20.0 Å². The second-order valence-electron chi connectivity index (χ2n) is 8.46. The van der Waals surface area contributed by atoms with Crippen molar-refractivity contribution in [2.75, 3.05) is 6.61 Å². The summed E-state index contributed by atoms with van der Waals surface area (Å²) in [7, 11) is 0. The first-order valence-electron chi connectivity index (χ1n) is 12.0. The fourth-order valence-electron chi connectivity index (χ4n) is 4.23. The van der Waals surface area contributed by atoms with Crippen molar-refractivity contribution >= 4 is 34.7 Å². The molecule has 0 atom stereocenters. The molecule has 0 aliphatic rings. The third kappa shape index (κ3) is 6.30. The molecule has 186 valence electrons. The maximum Gasteiger partial charge on any atom is 0.397 e. The number of hydrogen-bond donors (Lipinski definition) is 0. The van der Waals surface area contributed by atoms with Crippen LogP contribution in [0.1, 0.15) is 23.6 Å². The van der Waals surface area contributed by atoms with E-state index in [2.05, 4.69) is 0 Å². The summed E-state index contributed by atoms with van der Waals surface area (Å²) in [6, 6.07) is 29.0. The summed E-state index contributed by atoms with van der Waals surface area (Å²) in [5, 5.41) is 13.4. The van der Waals surface area contributed by atoms with Crippen molar-refractivity contribution in [3.8, 4) is 11.1 Å². The molecule has 0 aliphatic carbocycles. The number of benzene rings is 4. The van der Waals surface area contributed by atoms with Gasteiger partial charge in [0.1, 0.15) is 0 Å². The molecule has 0 bridgehead atoms. The summed E-state index contributed by atoms with van der Waals surface area (Å²) in [5.41, 5.74) is 4.01. The first-order chi connectivity index (χ1) is 18.0. The van der Waals surface area contributed by atoms with Crippen LogP contribution in [0, 0.1) is 0 Å². The van der Waals surface area contributed by atoms with Crippen LogP contribution in [0.5, 0.6) is 0 Å². The molecule has 6 nitrogen and oxygen atoms in total. The van der Waals surface area contributed by atoms with Crippen LogP contribution >= 0.6 is 0 Å². The van der Waals surface area contributed by atoms with Crippen molar-refractivity contribution in [3.63, 3.8) is 0 Å². The van der Waals surface area contributed by atoms with Crippen LogP contribution in [0.2, 0.25) is 0 Å². The van der Waals surface area contributed by atoms with Gasteiger partial charge < -0.3 is 19.5 Å². The lowest BCUT2D eigenvalue weighted by molar-refractivity contribution is -0.297. The van der Waals surface area contributed by atoms with Gasteiger partial charge in [-0.05, 0) is 57.7 Å². The molecule has 0 N–H and O–H groups in total. The molecule has 4 aromatic carbocycles. The maximum atomic E-state index is 13.0. The number of fused-ring (bicyclic) bond motifs is 1. The van der Waals surface area contributed by atoms with E-state index in [4.69, 9.17) is 4.74 Å². The molecule has 0 aliphatic heterocycles. The topological polar surface area (TPSA) is 86.7 Å². The third-order valence-electron chi connectivity index (χ3n) is 5.96. The number of carboxylic acids is 1. The standard InChI is InChI=1S/C31H27NO5/c1-2-37-31(36)30(35)32(20-22-9-4-3-5-10-22)21-26-16-15-25(19-24(26)17-18-29(33)34)28-14-8-12-23-11-6-7-13-27(23)28/h3-19H,2,20-21H2,1H3,(H,33,34)/p-1/b18-17+. The summed E-state index contributed by atoms with van der Waals surface area (Å²) >= 11 is 0. The van der Waals surface area contributed by atoms with Crippen LogP contribution in [0.4, 0.5) is 0 Å². The molecular weight excluding hydrogens is 466 g/mol. The fraction of sp³-hybridized carbons (Fsp3) is 0.129. The summed E-state index contributed by atoms with van der Waals surface area (Å²) in [4.78, 5) is 37.9. The van der Waals surface area contributed by atoms with Gasteiger partial charge in [-0.25, -0.2) is 4.79 Å². The van der Waals surface area contributed by atoms with E-state index >= 15 is 0 Å². The highest BCUT2D eigenvalue weighted by Crippen LogP contribution is 2.31. The molecule has 4 aromatic rings. The minimum absolute atomic E-state index is 0.0785. The first kappa shape index (κ1) is 25.4. The minimum atomic E-state index is -1.33. The number of carbonyl (C=O) groups excluding carboxylic acids is 3. The van der Waals surface area contributed by atoms with Gasteiger partial charge in [0.15, 0.2) is 0 Å². The quantitative estimate of drug-likeness (QED) is 0.207. The lowest BCUT2D eigenvalue weighted by Gasteiger charge is -2.23. The van der Waals surface area contributed by atoms with Crippen molar-refractivity contribution < 1.29 is 24.2 Å². The zero-order chi connectivity index (χ0) is 26.2. The van der Waals surface area contributed by atoms with E-state index in [0.29, 0.717) is 11.1 Å². The number of amides is 1. The smallest absolute Gasteiger partial charge is 0.397 e. The van der Waals surface area contributed by atoms with Gasteiger partial charge in [0.05, 0.1) is 12.6 Å². The molecular formula is C31H26NO5-. The lowest BCUT2D eigenvalue weighted by atomic mass is 9.94. The summed E-state index contributed by atoms with van der Waals surface area (Å²) in [5.74, 6) is -3.03. The number of nitrogens with zero attached hydrogens (tertiary/aromatic N) is 1. The Morgan fingerprint density at radius 2 is 1.59 bits per heavy atom. The Balaban J connectivity index is 1.75. The van der Waals surface area contributed by atoms with Gasteiger partial charge in [-0.3, -0.25) is 4.79 Å². The Morgan fingerprint density at radius 1 is 0.865 bits per heavy atom. The second kappa shape index (κ2) is 11.8. The van der Waals surface area contributed by atoms with Gasteiger partial charge in [-0.15, -0.1) is 0 Å². The SMILES string of the molecule is CCOC(=O)C(=O)N(Cc1ccccc1)Cc1ccc(-c2cccc3ccccc23)cc1/C=C/C(=O)[O-]. The van der Waals surface area contributed by atoms with E-state index < -0.39 is 17.8 Å². The van der Waals surface area contributed by atoms with Crippen molar-refractivity contribution in [1.82, 2.24) is 4.90 Å². The molecule has 0 spiro atoms. The molecule has 0 heterocycles. The molecule has 4 rings (SSSR count). The number of rotatable bonds is 8. The van der Waals surface area contributed by atoms with E-state index in [0.717, 1.165) is 33.5 Å². The Kier molecular flexibility index (Phi) is 8.11. The molecule has 0 aromatic heterocycles. The molecule has 0 saturated heterocycles. The molecule has 0 radical (unpaired) electrons. The second-order valence-corrected chi connectivity index (χ2v) is 8.46. The molecule has 0 fully saturated rings. The van der Waals surface area contributed by atoms with Crippen molar-refractivity contribution in [3.05, 3.63) is 114 Å². The van der Waals surface area contributed by atoms with E-state index in [1.807, 2.05) is 91.0 Å². The van der Waals surface area contributed by atoms with Gasteiger partial charge >= 0.3 is 11.9 Å². The van der Waals surface area contributed by atoms with Crippen LogP contribution in [-0.2, 0) is 32.2 Å². The Morgan fingerprint density at radius 3 is 2.35 bits per heavy atom. The fourth-order valence-corrected chi connectivity index (χ4v) is 4.23. The summed E-state index contributed by atoms with van der Waals surface area (Å²) in [6.07, 6.45) is 2.41. The average Bonchev–Trinajstić information content (AvgIpc) is 2.92. The van der Waals surface area contributed by atoms with E-state index in [-0.39, 0.29) is 19.7 Å². The minimum Gasteiger partial charge on any atom is -0.545 e. The highest BCUT2D eigenvalue weighted by Gasteiger charge is 2.24. The molecule has 0 unspecified atom stereocenters. The molecule has 6 heteroatoms. The zero-order valence-corrected chi connectivity index (χ0v) is 20.4. The number of carboxylic acid groups (broad SMARTS) is 1. The van der Waals surface area contributed by atoms with Crippen molar-refractivity contribution in [1.29, 1.82) is 0 Å². The maximum absolute atomic E-state index is 13.0. The number of carbonyl (C=O) groups is 3. The summed E-state index contributed by atoms with van der Waals surface area (Å²) in [6.45, 7) is 1.99. The van der Waals surface area contributed by atoms with Gasteiger partial charge in [0.2, 0.25) is 0 Å². The molecule has 1 amide bonds. The number of hydrogen-bond acceptors (Lipinski definition) is 5. The highest BCUT2D eigenvalue weighted by molar-refractivity contribution is 6.32. The Labute approximate surface area is 215 Å².